The third-order valence-corrected chi connectivity index (χ3v) is 12.0. The third-order valence-electron chi connectivity index (χ3n) is 10.7. The van der Waals surface area contributed by atoms with Crippen molar-refractivity contribution >= 4 is 34.2 Å². The highest BCUT2D eigenvalue weighted by atomic mass is 32.1. The van der Waals surface area contributed by atoms with Crippen molar-refractivity contribution in [1.29, 1.82) is 0 Å². The minimum absolute atomic E-state index is 0.152. The summed E-state index contributed by atoms with van der Waals surface area (Å²) < 4.78 is 30.1. The number of amides is 2. The number of nitrogens with one attached hydrogen (secondary N) is 4. The van der Waals surface area contributed by atoms with E-state index in [1.807, 2.05) is 49.7 Å². The summed E-state index contributed by atoms with van der Waals surface area (Å²) in [5, 5.41) is 18.4. The number of halogens is 1. The van der Waals surface area contributed by atoms with Gasteiger partial charge in [0, 0.05) is 29.3 Å². The first-order valence-electron chi connectivity index (χ1n) is 19.6. The summed E-state index contributed by atoms with van der Waals surface area (Å²) in [5.74, 6) is 0.832. The number of nitrogens with zero attached hydrogens (tertiary/aromatic N) is 5. The summed E-state index contributed by atoms with van der Waals surface area (Å²) in [7, 11) is 1.26. The van der Waals surface area contributed by atoms with Gasteiger partial charge in [-0.1, -0.05) is 26.8 Å². The molecule has 1 fully saturated rings. The minimum atomic E-state index is -1.16. The van der Waals surface area contributed by atoms with E-state index >= 15 is 4.39 Å². The van der Waals surface area contributed by atoms with E-state index in [1.54, 1.807) is 37.2 Å². The first kappa shape index (κ1) is 39.3. The predicted molar refractivity (Wildman–Crippen MR) is 218 cm³/mol. The van der Waals surface area contributed by atoms with Crippen LogP contribution >= 0.6 is 11.3 Å². The molecule has 8 rings (SSSR count). The molecule has 2 amide bonds. The number of alkyl carbamates (subject to hydrolysis) is 1. The van der Waals surface area contributed by atoms with Crippen LogP contribution in [0.1, 0.15) is 87.7 Å². The fourth-order valence-corrected chi connectivity index (χ4v) is 8.69. The molecule has 3 atom stereocenters. The molecule has 6 aromatic rings. The number of carbonyl (C=O) groups excluding carboxylic acids is 2. The van der Waals surface area contributed by atoms with Gasteiger partial charge in [0.2, 0.25) is 12.1 Å². The number of H-pyrrole nitrogens is 2. The van der Waals surface area contributed by atoms with Crippen LogP contribution in [0.15, 0.2) is 55.0 Å². The summed E-state index contributed by atoms with van der Waals surface area (Å²) in [6, 6.07) is 10.8. The summed E-state index contributed by atoms with van der Waals surface area (Å²) in [6.07, 6.45) is 6.62. The Balaban J connectivity index is 1.15. The van der Waals surface area contributed by atoms with Crippen LogP contribution < -0.4 is 15.4 Å². The van der Waals surface area contributed by atoms with Gasteiger partial charge in [-0.05, 0) is 75.9 Å². The van der Waals surface area contributed by atoms with Crippen LogP contribution in [0.25, 0.3) is 44.7 Å². The lowest BCUT2D eigenvalue weighted by atomic mass is 10.0. The number of aromatic amines is 2. The second kappa shape index (κ2) is 15.6. The number of imidazole rings is 2. The van der Waals surface area contributed by atoms with Gasteiger partial charge in [0.25, 0.3) is 0 Å². The summed E-state index contributed by atoms with van der Waals surface area (Å²) in [6.45, 7) is 10.6. The first-order chi connectivity index (χ1) is 27.8. The lowest BCUT2D eigenvalue weighted by Gasteiger charge is -2.30. The Morgan fingerprint density at radius 2 is 1.90 bits per heavy atom. The molecule has 2 aliphatic rings. The van der Waals surface area contributed by atoms with Crippen molar-refractivity contribution in [2.45, 2.75) is 84.3 Å². The van der Waals surface area contributed by atoms with Gasteiger partial charge in [0.15, 0.2) is 0 Å². The molecule has 2 aromatic carbocycles. The maximum absolute atomic E-state index is 16.6. The van der Waals surface area contributed by atoms with Crippen LogP contribution in [0.3, 0.4) is 0 Å². The van der Waals surface area contributed by atoms with E-state index < -0.39 is 29.8 Å². The first-order valence-corrected chi connectivity index (χ1v) is 20.4. The minimum Gasteiger partial charge on any atom is -0.464 e. The average Bonchev–Trinajstić information content (AvgIpc) is 4.04. The highest BCUT2D eigenvalue weighted by molar-refractivity contribution is 7.11. The molecule has 16 heteroatoms. The molecule has 5 N–H and O–H groups in total. The molecule has 0 saturated carbocycles. The maximum atomic E-state index is 16.6. The van der Waals surface area contributed by atoms with Crippen LogP contribution in [-0.2, 0) is 21.7 Å². The zero-order valence-corrected chi connectivity index (χ0v) is 34.2. The number of hydrogen-bond donors (Lipinski definition) is 5. The number of ether oxygens (including phenoxy) is 2. The fraction of sp³-hybridized carbons (Fsp3) is 0.405. The van der Waals surface area contributed by atoms with Crippen LogP contribution in [0.2, 0.25) is 0 Å². The van der Waals surface area contributed by atoms with E-state index in [2.05, 4.69) is 41.6 Å². The molecule has 1 unspecified atom stereocenters. The largest absolute Gasteiger partial charge is 0.464 e. The normalized spacial score (nSPS) is 16.9. The maximum Gasteiger partial charge on any atom is 0.407 e. The van der Waals surface area contributed by atoms with E-state index in [0.29, 0.717) is 52.1 Å². The van der Waals surface area contributed by atoms with E-state index in [4.69, 9.17) is 9.47 Å². The number of fused-ring (bicyclic) bond motifs is 5. The van der Waals surface area contributed by atoms with Crippen molar-refractivity contribution in [3.8, 4) is 39.5 Å². The van der Waals surface area contributed by atoms with E-state index in [0.717, 1.165) is 52.2 Å². The average molecular weight is 810 g/mol. The molecule has 14 nitrogen and oxygen atoms in total. The molecule has 58 heavy (non-hydrogen) atoms. The molecule has 0 spiro atoms. The molecule has 1 saturated heterocycles. The Morgan fingerprint density at radius 1 is 1.10 bits per heavy atom. The number of hydrogen-bond acceptors (Lipinski definition) is 10. The van der Waals surface area contributed by atoms with Gasteiger partial charge in [-0.2, -0.15) is 0 Å². The van der Waals surface area contributed by atoms with Gasteiger partial charge in [-0.3, -0.25) is 9.36 Å². The molecule has 0 bridgehead atoms. The van der Waals surface area contributed by atoms with Crippen molar-refractivity contribution in [2.24, 2.45) is 5.92 Å². The quantitative estimate of drug-likeness (QED) is 0.0844. The van der Waals surface area contributed by atoms with Gasteiger partial charge >= 0.3 is 6.09 Å². The Kier molecular flexibility index (Phi) is 10.6. The van der Waals surface area contributed by atoms with Crippen molar-refractivity contribution in [1.82, 2.24) is 45.0 Å². The lowest BCUT2D eigenvalue weighted by molar-refractivity contribution is -0.135. The second-order valence-corrected chi connectivity index (χ2v) is 16.9. The molecular formula is C42H48FN9O5S. The molecule has 0 radical (unpaired) electrons. The highest BCUT2D eigenvalue weighted by Crippen LogP contribution is 2.48. The number of aromatic nitrogens is 6. The van der Waals surface area contributed by atoms with Gasteiger partial charge in [-0.15, -0.1) is 11.3 Å². The highest BCUT2D eigenvalue weighted by Gasteiger charge is 2.35. The third kappa shape index (κ3) is 7.47. The monoisotopic (exact) mass is 809 g/mol. The number of rotatable bonds is 12. The van der Waals surface area contributed by atoms with E-state index in [-0.39, 0.29) is 24.4 Å². The SMILES string of the molecule is CCCN(Cc1ncc(-c2cc(F)c3c(c2)OC(c2cnc(C(C)(C)O)s2)n2c-3cc3cc(-c4cnc([C@@H]5CCCN5)[nH]4)ccc32)[nH]1)C(=O)[C@@H](NC(=O)OC)C(C)C. The van der Waals surface area contributed by atoms with Gasteiger partial charge in [-0.25, -0.2) is 24.1 Å². The molecule has 4 aromatic heterocycles. The molecule has 6 heterocycles. The van der Waals surface area contributed by atoms with E-state index in [1.165, 1.54) is 24.5 Å². The fourth-order valence-electron chi connectivity index (χ4n) is 7.75. The predicted octanol–water partition coefficient (Wildman–Crippen LogP) is 7.39. The summed E-state index contributed by atoms with van der Waals surface area (Å²) >= 11 is 1.34. The van der Waals surface area contributed by atoms with Gasteiger partial charge in [0.05, 0.1) is 65.1 Å². The smallest absolute Gasteiger partial charge is 0.407 e. The van der Waals surface area contributed by atoms with Crippen molar-refractivity contribution in [3.63, 3.8) is 0 Å². The van der Waals surface area contributed by atoms with Crippen molar-refractivity contribution in [2.75, 3.05) is 20.2 Å². The molecule has 2 aliphatic heterocycles. The van der Waals surface area contributed by atoms with Crippen LogP contribution in [0.5, 0.6) is 5.75 Å². The standard InChI is InChI=1S/C42H48FN9O5S/c1-7-13-51(38(53)36(22(2)3)50-41(54)56-6)21-34-45-18-29(48-34)24-15-26(43)35-31-16-25-14-23(28-19-46-37(49-28)27-9-8-12-44-27)10-11-30(25)52(31)39(57-32(35)17-24)33-20-47-40(58-33)42(4,5)55/h10-11,14-20,22,27,36,39,44,55H,7-9,12-13,21H2,1-6H3,(H,45,48)(H,46,49)(H,50,54)/t27-,36-,39?/m0/s1. The van der Waals surface area contributed by atoms with Crippen LogP contribution in [0.4, 0.5) is 9.18 Å². The molecular weight excluding hydrogens is 762 g/mol. The van der Waals surface area contributed by atoms with Gasteiger partial charge in [0.1, 0.15) is 39.9 Å². The molecule has 0 aliphatic carbocycles. The van der Waals surface area contributed by atoms with Crippen molar-refractivity contribution in [3.05, 3.63) is 82.3 Å². The Bertz CT molecular complexity index is 2470. The topological polar surface area (TPSA) is 175 Å². The summed E-state index contributed by atoms with van der Waals surface area (Å²) in [5.41, 5.74) is 3.54. The Labute approximate surface area is 339 Å². The Hall–Kier alpha value is -5.58. The Morgan fingerprint density at radius 3 is 2.60 bits per heavy atom. The number of thiazole rings is 1. The second-order valence-electron chi connectivity index (χ2n) is 15.8. The van der Waals surface area contributed by atoms with Crippen LogP contribution in [-0.4, -0.2) is 77.7 Å². The van der Waals surface area contributed by atoms with E-state index in [9.17, 15) is 14.7 Å². The zero-order chi connectivity index (χ0) is 40.9. The number of aliphatic hydroxyl groups is 1. The van der Waals surface area contributed by atoms with Gasteiger partial charge < -0.3 is 40.1 Å². The number of carbonyl (C=O) groups is 2. The van der Waals surface area contributed by atoms with Crippen molar-refractivity contribution < 1.29 is 28.6 Å². The summed E-state index contributed by atoms with van der Waals surface area (Å²) in [4.78, 5) is 48.6. The zero-order valence-electron chi connectivity index (χ0n) is 33.4. The number of benzene rings is 2. The molecule has 304 valence electrons. The number of methoxy groups -OCH3 is 1. The lowest BCUT2D eigenvalue weighted by Crippen LogP contribution is -2.51. The van der Waals surface area contributed by atoms with Crippen LogP contribution in [0, 0.1) is 11.7 Å².